The van der Waals surface area contributed by atoms with Crippen molar-refractivity contribution in [2.75, 3.05) is 11.4 Å². The smallest absolute Gasteiger partial charge is 0.475 e. The summed E-state index contributed by atoms with van der Waals surface area (Å²) in [5.74, 6) is -3.63. The number of anilines is 1. The normalized spacial score (nSPS) is 19.3. The number of rotatable bonds is 11. The van der Waals surface area contributed by atoms with Gasteiger partial charge in [0.1, 0.15) is 11.3 Å². The third-order valence-corrected chi connectivity index (χ3v) is 10.9. The molecule has 4 aromatic rings. The summed E-state index contributed by atoms with van der Waals surface area (Å²) < 4.78 is 37.1. The third-order valence-electron chi connectivity index (χ3n) is 10.9. The Hall–Kier alpha value is -6.28. The first kappa shape index (κ1) is 48.7. The van der Waals surface area contributed by atoms with Crippen LogP contribution in [0.4, 0.5) is 23.7 Å². The molecule has 0 spiro atoms. The number of carbonyl (C=O) groups excluding carboxylic acids is 4. The first-order valence-electron chi connectivity index (χ1n) is 21.0. The summed E-state index contributed by atoms with van der Waals surface area (Å²) >= 11 is 0. The van der Waals surface area contributed by atoms with E-state index in [4.69, 9.17) is 20.4 Å². The van der Waals surface area contributed by atoms with Gasteiger partial charge in [0.05, 0.1) is 17.8 Å². The SMILES string of the molecule is Cc1nc(C(=O)NC2CCC(O)CC2)ccc1-c1ccc(C[C@H](N)C(=O)N(C(=O)C2CCC(CNC(=O)OC(C)(C)C)CC2)c2ccc(-c3nn[nH]n3)cc2)cc1.O=C(O)C(F)(F)F. The largest absolute Gasteiger partial charge is 0.490 e. The first-order valence-corrected chi connectivity index (χ1v) is 21.0. The van der Waals surface area contributed by atoms with E-state index in [0.29, 0.717) is 73.5 Å². The van der Waals surface area contributed by atoms with Crippen molar-refractivity contribution in [2.45, 2.75) is 115 Å². The number of nitrogens with one attached hydrogen (secondary N) is 3. The molecule has 2 aliphatic carbocycles. The first-order chi connectivity index (χ1) is 30.2. The predicted molar refractivity (Wildman–Crippen MR) is 227 cm³/mol. The van der Waals surface area contributed by atoms with Crippen molar-refractivity contribution in [3.8, 4) is 22.5 Å². The van der Waals surface area contributed by atoms with Crippen molar-refractivity contribution in [1.82, 2.24) is 36.2 Å². The summed E-state index contributed by atoms with van der Waals surface area (Å²) in [5.41, 5.74) is 10.7. The van der Waals surface area contributed by atoms with Gasteiger partial charge in [0.25, 0.3) is 11.8 Å². The van der Waals surface area contributed by atoms with Gasteiger partial charge in [-0.25, -0.2) is 19.5 Å². The molecule has 2 heterocycles. The fraction of sp³-hybridized carbons (Fsp3) is 0.477. The lowest BCUT2D eigenvalue weighted by molar-refractivity contribution is -0.192. The average molecular weight is 894 g/mol. The van der Waals surface area contributed by atoms with Crippen LogP contribution in [0.25, 0.3) is 22.5 Å². The molecular weight excluding hydrogens is 840 g/mol. The number of imide groups is 1. The molecule has 2 saturated carbocycles. The summed E-state index contributed by atoms with van der Waals surface area (Å²) in [6.07, 6.45) is -0.259. The number of ether oxygens (including phenoxy) is 1. The Kier molecular flexibility index (Phi) is 16.3. The highest BCUT2D eigenvalue weighted by atomic mass is 19.4. The zero-order valence-corrected chi connectivity index (χ0v) is 36.0. The van der Waals surface area contributed by atoms with Crippen LogP contribution in [0.1, 0.15) is 93.9 Å². The lowest BCUT2D eigenvalue weighted by Gasteiger charge is -2.32. The minimum Gasteiger partial charge on any atom is -0.475 e. The van der Waals surface area contributed by atoms with E-state index >= 15 is 0 Å². The number of carbonyl (C=O) groups is 5. The maximum absolute atomic E-state index is 14.2. The van der Waals surface area contributed by atoms with Crippen molar-refractivity contribution in [3.63, 3.8) is 0 Å². The van der Waals surface area contributed by atoms with E-state index in [9.17, 15) is 37.5 Å². The van der Waals surface area contributed by atoms with Crippen molar-refractivity contribution in [2.24, 2.45) is 17.6 Å². The molecule has 4 amide bonds. The highest BCUT2D eigenvalue weighted by Gasteiger charge is 2.38. The van der Waals surface area contributed by atoms with Crippen LogP contribution in [-0.4, -0.2) is 102 Å². The van der Waals surface area contributed by atoms with E-state index in [0.717, 1.165) is 29.5 Å². The number of benzene rings is 2. The van der Waals surface area contributed by atoms with Gasteiger partial charge in [-0.3, -0.25) is 14.4 Å². The molecule has 0 aliphatic heterocycles. The zero-order chi connectivity index (χ0) is 46.8. The standard InChI is InChI=1S/C42H53N9O6.C2HF3O2/c1-25-34(21-22-36(45-25)38(53)46-31-15-19-33(52)20-16-31)28-9-5-26(6-10-28)23-35(43)40(55)51(32-17-13-29(14-18-32)37-47-49-50-48-37)39(54)30-11-7-27(8-12-30)24-44-41(56)57-42(2,3)4;3-2(4,5)1(6)7/h5-6,9-10,13-14,17-18,21-22,27,30-31,33,35,52H,7-8,11-12,15-16,19-20,23-24,43H2,1-4H3,(H,44,56)(H,46,53)(H,47,48,49,50);(H,6,7)/t27?,30?,31?,33?,35-;/m0./s1. The zero-order valence-electron chi connectivity index (χ0n) is 36.0. The van der Waals surface area contributed by atoms with Crippen molar-refractivity contribution in [1.29, 1.82) is 0 Å². The lowest BCUT2D eigenvalue weighted by atomic mass is 9.81. The number of pyridine rings is 1. The second-order valence-electron chi connectivity index (χ2n) is 17.0. The quantitative estimate of drug-likeness (QED) is 0.106. The molecule has 17 nitrogen and oxygen atoms in total. The summed E-state index contributed by atoms with van der Waals surface area (Å²) in [5, 5.41) is 36.9. The van der Waals surface area contributed by atoms with Crippen molar-refractivity contribution >= 4 is 35.5 Å². The molecule has 2 aliphatic rings. The number of nitrogens with two attached hydrogens (primary N) is 1. The van der Waals surface area contributed by atoms with E-state index in [2.05, 4.69) is 36.2 Å². The fourth-order valence-corrected chi connectivity index (χ4v) is 7.54. The molecule has 2 aromatic heterocycles. The maximum Gasteiger partial charge on any atom is 0.490 e. The number of hydrogen-bond acceptors (Lipinski definition) is 12. The molecule has 7 N–H and O–H groups in total. The Labute approximate surface area is 367 Å². The number of aromatic amines is 1. The number of aliphatic hydroxyl groups excluding tert-OH is 1. The van der Waals surface area contributed by atoms with Gasteiger partial charge in [-0.05, 0) is 138 Å². The molecule has 2 aromatic carbocycles. The van der Waals surface area contributed by atoms with Crippen LogP contribution in [0.2, 0.25) is 0 Å². The maximum atomic E-state index is 14.2. The van der Waals surface area contributed by atoms with E-state index in [1.54, 1.807) is 30.3 Å². The summed E-state index contributed by atoms with van der Waals surface area (Å²) in [4.78, 5) is 68.2. The third kappa shape index (κ3) is 13.9. The number of aliphatic carboxylic acids is 1. The van der Waals surface area contributed by atoms with Crippen LogP contribution in [0, 0.1) is 18.8 Å². The number of aromatic nitrogens is 5. The second kappa shape index (κ2) is 21.4. The second-order valence-corrected chi connectivity index (χ2v) is 17.0. The van der Waals surface area contributed by atoms with Gasteiger partial charge >= 0.3 is 18.2 Å². The number of alkyl halides is 3. The Morgan fingerprint density at radius 1 is 0.891 bits per heavy atom. The molecule has 2 fully saturated rings. The van der Waals surface area contributed by atoms with Crippen LogP contribution in [0.5, 0.6) is 0 Å². The minimum atomic E-state index is -5.08. The molecule has 6 rings (SSSR count). The minimum absolute atomic E-state index is 0.0308. The van der Waals surface area contributed by atoms with Gasteiger partial charge in [-0.2, -0.15) is 18.4 Å². The molecule has 344 valence electrons. The van der Waals surface area contributed by atoms with E-state index in [-0.39, 0.29) is 36.3 Å². The summed E-state index contributed by atoms with van der Waals surface area (Å²) in [6.45, 7) is 7.75. The van der Waals surface area contributed by atoms with Gasteiger partial charge in [0.15, 0.2) is 0 Å². The average Bonchev–Trinajstić information content (AvgIpc) is 3.79. The van der Waals surface area contributed by atoms with E-state index < -0.39 is 41.7 Å². The van der Waals surface area contributed by atoms with Crippen LogP contribution in [-0.2, 0) is 25.5 Å². The monoisotopic (exact) mass is 893 g/mol. The van der Waals surface area contributed by atoms with Crippen molar-refractivity contribution < 1.29 is 52.1 Å². The molecule has 0 radical (unpaired) electrons. The highest BCUT2D eigenvalue weighted by molar-refractivity contribution is 6.17. The van der Waals surface area contributed by atoms with Crippen LogP contribution in [0.3, 0.4) is 0 Å². The van der Waals surface area contributed by atoms with Gasteiger partial charge in [0, 0.05) is 35.3 Å². The van der Waals surface area contributed by atoms with Gasteiger partial charge in [-0.15, -0.1) is 10.2 Å². The molecule has 0 saturated heterocycles. The Morgan fingerprint density at radius 3 is 2.05 bits per heavy atom. The summed E-state index contributed by atoms with van der Waals surface area (Å²) in [6, 6.07) is 17.1. The number of nitrogens with zero attached hydrogens (tertiary/aromatic N) is 5. The number of carboxylic acids is 1. The number of H-pyrrole nitrogens is 1. The van der Waals surface area contributed by atoms with E-state index in [1.807, 2.05) is 58.0 Å². The molecule has 20 heteroatoms. The Morgan fingerprint density at radius 2 is 1.50 bits per heavy atom. The van der Waals surface area contributed by atoms with Gasteiger partial charge < -0.3 is 31.3 Å². The lowest BCUT2D eigenvalue weighted by Crippen LogP contribution is -2.50. The number of hydrogen-bond donors (Lipinski definition) is 6. The number of halogens is 3. The number of aryl methyl sites for hydroxylation is 1. The summed E-state index contributed by atoms with van der Waals surface area (Å²) in [7, 11) is 0. The number of tetrazole rings is 1. The highest BCUT2D eigenvalue weighted by Crippen LogP contribution is 2.33. The van der Waals surface area contributed by atoms with Gasteiger partial charge in [0.2, 0.25) is 11.7 Å². The molecular formula is C44H54F3N9O8. The van der Waals surface area contributed by atoms with Crippen molar-refractivity contribution in [3.05, 3.63) is 77.6 Å². The van der Waals surface area contributed by atoms with Gasteiger partial charge in [-0.1, -0.05) is 30.3 Å². The number of carboxylic acid groups (broad SMARTS) is 1. The number of amides is 4. The topological polar surface area (TPSA) is 256 Å². The molecule has 0 bridgehead atoms. The predicted octanol–water partition coefficient (Wildman–Crippen LogP) is 5.66. The Bertz CT molecular complexity index is 2220. The number of alkyl carbamates (subject to hydrolysis) is 1. The van der Waals surface area contributed by atoms with Crippen LogP contribution in [0.15, 0.2) is 60.7 Å². The molecule has 0 unspecified atom stereocenters. The molecule has 64 heavy (non-hydrogen) atoms. The van der Waals surface area contributed by atoms with Crippen LogP contribution < -0.4 is 21.3 Å². The molecule has 1 atom stereocenters. The number of aliphatic hydroxyl groups is 1. The Balaban J connectivity index is 0.00000102. The van der Waals surface area contributed by atoms with E-state index in [1.165, 1.54) is 4.90 Å². The fourth-order valence-electron chi connectivity index (χ4n) is 7.54. The van der Waals surface area contributed by atoms with Crippen LogP contribution >= 0.6 is 0 Å².